The lowest BCUT2D eigenvalue weighted by atomic mass is 9.97. The minimum atomic E-state index is -0.348. The topological polar surface area (TPSA) is 121 Å². The molecule has 1 saturated heterocycles. The molecule has 2 aliphatic rings. The van der Waals surface area contributed by atoms with Crippen molar-refractivity contribution < 1.29 is 14.4 Å². The SMILES string of the molecule is CN1c2ncccc2C(=O)N[C@@H]1c1ccc(NC(=O)CN2CCC[C@@H](C(N)=O)C2)cc1. The molecule has 3 heterocycles. The van der Waals surface area contributed by atoms with Crippen molar-refractivity contribution in [2.75, 3.05) is 36.9 Å². The van der Waals surface area contributed by atoms with Gasteiger partial charge in [-0.15, -0.1) is 0 Å². The zero-order chi connectivity index (χ0) is 22.0. The van der Waals surface area contributed by atoms with Crippen molar-refractivity contribution in [1.82, 2.24) is 15.2 Å². The summed E-state index contributed by atoms with van der Waals surface area (Å²) < 4.78 is 0. The summed E-state index contributed by atoms with van der Waals surface area (Å²) in [5.41, 5.74) is 7.49. The highest BCUT2D eigenvalue weighted by molar-refractivity contribution is 6.01. The van der Waals surface area contributed by atoms with Crippen LogP contribution >= 0.6 is 0 Å². The monoisotopic (exact) mass is 422 g/mol. The molecular weight excluding hydrogens is 396 g/mol. The average Bonchev–Trinajstić information content (AvgIpc) is 2.77. The van der Waals surface area contributed by atoms with Gasteiger partial charge in [0.25, 0.3) is 5.91 Å². The van der Waals surface area contributed by atoms with Crippen molar-refractivity contribution in [3.05, 3.63) is 53.7 Å². The average molecular weight is 422 g/mol. The van der Waals surface area contributed by atoms with E-state index in [0.717, 1.165) is 24.9 Å². The number of primary amides is 1. The summed E-state index contributed by atoms with van der Waals surface area (Å²) in [6, 6.07) is 10.8. The fourth-order valence-electron chi connectivity index (χ4n) is 4.17. The Morgan fingerprint density at radius 1 is 1.26 bits per heavy atom. The quantitative estimate of drug-likeness (QED) is 0.664. The van der Waals surface area contributed by atoms with Crippen LogP contribution in [0, 0.1) is 5.92 Å². The van der Waals surface area contributed by atoms with Gasteiger partial charge in [-0.3, -0.25) is 19.3 Å². The number of hydrogen-bond acceptors (Lipinski definition) is 6. The molecule has 0 saturated carbocycles. The van der Waals surface area contributed by atoms with Gasteiger partial charge in [0.2, 0.25) is 11.8 Å². The van der Waals surface area contributed by atoms with Crippen LogP contribution in [0.5, 0.6) is 0 Å². The van der Waals surface area contributed by atoms with Crippen LogP contribution in [0.3, 0.4) is 0 Å². The molecule has 0 spiro atoms. The number of amides is 3. The zero-order valence-electron chi connectivity index (χ0n) is 17.4. The Balaban J connectivity index is 1.38. The molecule has 4 rings (SSSR count). The predicted octanol–water partition coefficient (Wildman–Crippen LogP) is 1.10. The Labute approximate surface area is 180 Å². The Morgan fingerprint density at radius 3 is 2.77 bits per heavy atom. The maximum absolute atomic E-state index is 12.4. The molecule has 9 heteroatoms. The van der Waals surface area contributed by atoms with Crippen LogP contribution in [0.15, 0.2) is 42.6 Å². The van der Waals surface area contributed by atoms with Crippen molar-refractivity contribution in [3.63, 3.8) is 0 Å². The number of carbonyl (C=O) groups excluding carboxylic acids is 3. The lowest BCUT2D eigenvalue weighted by Gasteiger charge is -2.35. The minimum absolute atomic E-state index is 0.140. The van der Waals surface area contributed by atoms with Crippen molar-refractivity contribution in [2.45, 2.75) is 19.0 Å². The molecule has 31 heavy (non-hydrogen) atoms. The lowest BCUT2D eigenvalue weighted by Crippen LogP contribution is -2.45. The van der Waals surface area contributed by atoms with E-state index in [1.54, 1.807) is 18.3 Å². The smallest absolute Gasteiger partial charge is 0.256 e. The fraction of sp³-hybridized carbons (Fsp3) is 0.364. The molecule has 2 aliphatic heterocycles. The number of pyridine rings is 1. The second-order valence-corrected chi connectivity index (χ2v) is 8.01. The number of nitrogens with one attached hydrogen (secondary N) is 2. The molecule has 0 aliphatic carbocycles. The molecule has 0 unspecified atom stereocenters. The van der Waals surface area contributed by atoms with Crippen molar-refractivity contribution >= 4 is 29.2 Å². The van der Waals surface area contributed by atoms with Crippen LogP contribution in [0.1, 0.15) is 34.9 Å². The number of piperidine rings is 1. The molecule has 1 aromatic carbocycles. The Morgan fingerprint density at radius 2 is 2.03 bits per heavy atom. The molecule has 9 nitrogen and oxygen atoms in total. The fourth-order valence-corrected chi connectivity index (χ4v) is 4.17. The maximum atomic E-state index is 12.4. The molecule has 162 valence electrons. The molecule has 2 aromatic rings. The predicted molar refractivity (Wildman–Crippen MR) is 116 cm³/mol. The van der Waals surface area contributed by atoms with Crippen LogP contribution in [0.25, 0.3) is 0 Å². The Kier molecular flexibility index (Phi) is 5.85. The standard InChI is InChI=1S/C22H26N6O3/c1-27-20(26-22(31)17-5-2-10-24-21(17)27)14-6-8-16(9-7-14)25-18(29)13-28-11-3-4-15(12-28)19(23)30/h2,5-10,15,20H,3-4,11-13H2,1H3,(H2,23,30)(H,25,29)(H,26,31)/t15-,20+/m1/s1. The first kappa shape index (κ1) is 20.8. The highest BCUT2D eigenvalue weighted by Crippen LogP contribution is 2.30. The molecular formula is C22H26N6O3. The number of hydrogen-bond donors (Lipinski definition) is 3. The van der Waals surface area contributed by atoms with E-state index >= 15 is 0 Å². The normalized spacial score (nSPS) is 21.2. The summed E-state index contributed by atoms with van der Waals surface area (Å²) in [4.78, 5) is 44.5. The molecule has 3 amide bonds. The van der Waals surface area contributed by atoms with E-state index in [4.69, 9.17) is 5.73 Å². The number of carbonyl (C=O) groups is 3. The lowest BCUT2D eigenvalue weighted by molar-refractivity contribution is -0.125. The summed E-state index contributed by atoms with van der Waals surface area (Å²) in [5, 5.41) is 5.87. The second-order valence-electron chi connectivity index (χ2n) is 8.01. The number of nitrogens with zero attached hydrogens (tertiary/aromatic N) is 3. The maximum Gasteiger partial charge on any atom is 0.256 e. The van der Waals surface area contributed by atoms with E-state index < -0.39 is 0 Å². The van der Waals surface area contributed by atoms with E-state index in [1.807, 2.05) is 41.1 Å². The molecule has 2 atom stereocenters. The summed E-state index contributed by atoms with van der Waals surface area (Å²) >= 11 is 0. The first-order valence-electron chi connectivity index (χ1n) is 10.3. The molecule has 0 radical (unpaired) electrons. The first-order valence-corrected chi connectivity index (χ1v) is 10.3. The van der Waals surface area contributed by atoms with Gasteiger partial charge in [0.05, 0.1) is 18.0 Å². The van der Waals surface area contributed by atoms with Gasteiger partial charge < -0.3 is 21.3 Å². The van der Waals surface area contributed by atoms with Gasteiger partial charge in [0.1, 0.15) is 12.0 Å². The summed E-state index contributed by atoms with van der Waals surface area (Å²) in [6.07, 6.45) is 2.95. The zero-order valence-corrected chi connectivity index (χ0v) is 17.4. The minimum Gasteiger partial charge on any atom is -0.369 e. The van der Waals surface area contributed by atoms with Crippen LogP contribution in [-0.4, -0.2) is 54.3 Å². The van der Waals surface area contributed by atoms with Crippen LogP contribution in [-0.2, 0) is 9.59 Å². The van der Waals surface area contributed by atoms with Gasteiger partial charge in [-0.25, -0.2) is 4.98 Å². The second kappa shape index (κ2) is 8.73. The summed E-state index contributed by atoms with van der Waals surface area (Å²) in [7, 11) is 1.88. The van der Waals surface area contributed by atoms with E-state index in [1.165, 1.54) is 0 Å². The third kappa shape index (κ3) is 4.51. The van der Waals surface area contributed by atoms with E-state index in [2.05, 4.69) is 15.6 Å². The third-order valence-electron chi connectivity index (χ3n) is 5.81. The highest BCUT2D eigenvalue weighted by Gasteiger charge is 2.30. The van der Waals surface area contributed by atoms with Gasteiger partial charge in [-0.1, -0.05) is 12.1 Å². The van der Waals surface area contributed by atoms with Crippen LogP contribution in [0.4, 0.5) is 11.5 Å². The van der Waals surface area contributed by atoms with Crippen molar-refractivity contribution in [1.29, 1.82) is 0 Å². The number of nitrogens with two attached hydrogens (primary N) is 1. The van der Waals surface area contributed by atoms with Gasteiger partial charge in [-0.05, 0) is 49.2 Å². The van der Waals surface area contributed by atoms with Crippen LogP contribution in [0.2, 0.25) is 0 Å². The summed E-state index contributed by atoms with van der Waals surface area (Å²) in [6.45, 7) is 1.51. The van der Waals surface area contributed by atoms with Gasteiger partial charge in [0.15, 0.2) is 0 Å². The van der Waals surface area contributed by atoms with E-state index in [-0.39, 0.29) is 36.3 Å². The Hall–Kier alpha value is -3.46. The number of aromatic nitrogens is 1. The van der Waals surface area contributed by atoms with Gasteiger partial charge >= 0.3 is 0 Å². The highest BCUT2D eigenvalue weighted by atomic mass is 16.2. The number of anilines is 2. The number of rotatable bonds is 5. The largest absolute Gasteiger partial charge is 0.369 e. The van der Waals surface area contributed by atoms with Crippen LogP contribution < -0.4 is 21.3 Å². The molecule has 1 fully saturated rings. The number of fused-ring (bicyclic) bond motifs is 1. The number of likely N-dealkylation sites (tertiary alicyclic amines) is 1. The van der Waals surface area contributed by atoms with Crippen molar-refractivity contribution in [3.8, 4) is 0 Å². The summed E-state index contributed by atoms with van der Waals surface area (Å²) in [5.74, 6) is -0.177. The van der Waals surface area contributed by atoms with E-state index in [9.17, 15) is 14.4 Å². The number of benzene rings is 1. The third-order valence-corrected chi connectivity index (χ3v) is 5.81. The molecule has 0 bridgehead atoms. The van der Waals surface area contributed by atoms with E-state index in [0.29, 0.717) is 23.6 Å². The van der Waals surface area contributed by atoms with Crippen molar-refractivity contribution in [2.24, 2.45) is 11.7 Å². The van der Waals surface area contributed by atoms with Gasteiger partial charge in [0, 0.05) is 25.5 Å². The first-order chi connectivity index (χ1) is 14.9. The molecule has 1 aromatic heterocycles. The molecule has 4 N–H and O–H groups in total. The van der Waals surface area contributed by atoms with Gasteiger partial charge in [-0.2, -0.15) is 0 Å². The Bertz CT molecular complexity index is 993.